The number of epoxide rings is 1. The summed E-state index contributed by atoms with van der Waals surface area (Å²) < 4.78 is 5.80. The summed E-state index contributed by atoms with van der Waals surface area (Å²) in [5.41, 5.74) is 1.19. The van der Waals surface area contributed by atoms with Gasteiger partial charge in [0, 0.05) is 18.9 Å². The Morgan fingerprint density at radius 1 is 1.23 bits per heavy atom. The number of aryl methyl sites for hydroxylation is 1. The number of benzene rings is 1. The third-order valence-electron chi connectivity index (χ3n) is 6.53. The second-order valence-corrected chi connectivity index (χ2v) is 8.82. The van der Waals surface area contributed by atoms with Gasteiger partial charge in [-0.3, -0.25) is 4.79 Å². The van der Waals surface area contributed by atoms with E-state index in [1.807, 2.05) is 49.4 Å². The maximum atomic E-state index is 11.5. The molecule has 0 radical (unpaired) electrons. The molecule has 4 N–H and O–H groups in total. The number of hydrogen-bond acceptors (Lipinski definition) is 5. The van der Waals surface area contributed by atoms with E-state index >= 15 is 0 Å². The van der Waals surface area contributed by atoms with Crippen LogP contribution in [-0.4, -0.2) is 58.3 Å². The number of aliphatic hydroxyl groups excluding tert-OH is 3. The van der Waals surface area contributed by atoms with Crippen LogP contribution in [0.4, 0.5) is 0 Å². The quantitative estimate of drug-likeness (QED) is 0.231. The smallest absolute Gasteiger partial charge is 0.219 e. The average Bonchev–Trinajstić information content (AvgIpc) is 3.49. The Balaban J connectivity index is 1.44. The molecule has 7 atom stereocenters. The molecule has 6 heteroatoms. The fraction of sp³-hybridized carbons (Fsp3) is 0.640. The summed E-state index contributed by atoms with van der Waals surface area (Å²) in [4.78, 5) is 11.5. The van der Waals surface area contributed by atoms with Crippen LogP contribution in [0.15, 0.2) is 42.5 Å². The molecule has 3 rings (SSSR count). The molecule has 1 amide bonds. The molecule has 0 spiro atoms. The summed E-state index contributed by atoms with van der Waals surface area (Å²) in [7, 11) is 0. The summed E-state index contributed by atoms with van der Waals surface area (Å²) in [6.45, 7) is 2.56. The number of ether oxygens (including phenoxy) is 1. The summed E-state index contributed by atoms with van der Waals surface area (Å²) in [6, 6.07) is 10.1. The fourth-order valence-corrected chi connectivity index (χ4v) is 4.81. The lowest BCUT2D eigenvalue weighted by molar-refractivity contribution is -0.121. The van der Waals surface area contributed by atoms with E-state index in [4.69, 9.17) is 4.74 Å². The van der Waals surface area contributed by atoms with Crippen LogP contribution < -0.4 is 5.32 Å². The lowest BCUT2D eigenvalue weighted by Crippen LogP contribution is -2.30. The molecule has 1 aliphatic carbocycles. The standard InChI is InChI=1S/C25H37NO5/c1-2-26-22(30)13-9-4-3-8-12-18-20(28)16-21(29)23(18)25-24(31-25)19(27)15-14-17-10-6-5-7-11-17/h3,5-8,10-11,18-21,23-25,27-29H,2,4,9,12-16H2,1H3,(H,26,30)/b8-3-/t18-,19-,20-,21+,23+,24-,25-/m0/s1. The first kappa shape index (κ1) is 23.9. The highest BCUT2D eigenvalue weighted by molar-refractivity contribution is 5.75. The van der Waals surface area contributed by atoms with Crippen molar-refractivity contribution in [3.63, 3.8) is 0 Å². The number of carbonyl (C=O) groups is 1. The van der Waals surface area contributed by atoms with Gasteiger partial charge in [0.05, 0.1) is 24.4 Å². The molecule has 1 heterocycles. The molecule has 1 aromatic carbocycles. The molecule has 1 saturated heterocycles. The molecular formula is C25H37NO5. The van der Waals surface area contributed by atoms with Crippen molar-refractivity contribution in [3.8, 4) is 0 Å². The number of amides is 1. The predicted octanol–water partition coefficient (Wildman–Crippen LogP) is 2.36. The van der Waals surface area contributed by atoms with E-state index in [9.17, 15) is 20.1 Å². The Morgan fingerprint density at radius 2 is 2.00 bits per heavy atom. The minimum Gasteiger partial charge on any atom is -0.393 e. The van der Waals surface area contributed by atoms with Crippen LogP contribution in [0.25, 0.3) is 0 Å². The van der Waals surface area contributed by atoms with Gasteiger partial charge in [-0.1, -0.05) is 42.5 Å². The number of hydrogen-bond donors (Lipinski definition) is 4. The van der Waals surface area contributed by atoms with Gasteiger partial charge in [-0.2, -0.15) is 0 Å². The molecule has 0 unspecified atom stereocenters. The summed E-state index contributed by atoms with van der Waals surface area (Å²) in [6.07, 6.45) is 6.43. The fourth-order valence-electron chi connectivity index (χ4n) is 4.81. The average molecular weight is 432 g/mol. The van der Waals surface area contributed by atoms with E-state index < -0.39 is 18.3 Å². The van der Waals surface area contributed by atoms with Gasteiger partial charge in [0.2, 0.25) is 5.91 Å². The van der Waals surface area contributed by atoms with Crippen molar-refractivity contribution in [1.29, 1.82) is 0 Å². The Labute approximate surface area is 185 Å². The molecular weight excluding hydrogens is 394 g/mol. The zero-order valence-electron chi connectivity index (χ0n) is 18.4. The zero-order valence-corrected chi connectivity index (χ0v) is 18.4. The maximum absolute atomic E-state index is 11.5. The number of nitrogens with one attached hydrogen (secondary N) is 1. The monoisotopic (exact) mass is 431 g/mol. The van der Waals surface area contributed by atoms with Gasteiger partial charge in [0.25, 0.3) is 0 Å². The Kier molecular flexibility index (Phi) is 9.08. The van der Waals surface area contributed by atoms with E-state index in [2.05, 4.69) is 5.32 Å². The lowest BCUT2D eigenvalue weighted by atomic mass is 9.85. The van der Waals surface area contributed by atoms with E-state index in [1.165, 1.54) is 5.56 Å². The van der Waals surface area contributed by atoms with Crippen molar-refractivity contribution in [2.45, 2.75) is 82.4 Å². The van der Waals surface area contributed by atoms with Crippen LogP contribution in [0.3, 0.4) is 0 Å². The second-order valence-electron chi connectivity index (χ2n) is 8.82. The van der Waals surface area contributed by atoms with E-state index in [0.29, 0.717) is 32.2 Å². The first-order valence-corrected chi connectivity index (χ1v) is 11.7. The van der Waals surface area contributed by atoms with Crippen molar-refractivity contribution < 1.29 is 24.9 Å². The third-order valence-corrected chi connectivity index (χ3v) is 6.53. The van der Waals surface area contributed by atoms with Crippen LogP contribution in [-0.2, 0) is 16.0 Å². The molecule has 1 aliphatic heterocycles. The molecule has 0 bridgehead atoms. The largest absolute Gasteiger partial charge is 0.393 e. The Morgan fingerprint density at radius 3 is 2.74 bits per heavy atom. The third kappa shape index (κ3) is 6.88. The van der Waals surface area contributed by atoms with Gasteiger partial charge in [-0.25, -0.2) is 0 Å². The summed E-state index contributed by atoms with van der Waals surface area (Å²) in [5.74, 6) is -0.162. The first-order chi connectivity index (χ1) is 15.0. The Hall–Kier alpha value is -1.73. The van der Waals surface area contributed by atoms with Crippen LogP contribution in [0.2, 0.25) is 0 Å². The van der Waals surface area contributed by atoms with Crippen molar-refractivity contribution in [2.24, 2.45) is 11.8 Å². The van der Waals surface area contributed by atoms with Gasteiger partial charge in [0.1, 0.15) is 6.10 Å². The summed E-state index contributed by atoms with van der Waals surface area (Å²) >= 11 is 0. The molecule has 31 heavy (non-hydrogen) atoms. The second kappa shape index (κ2) is 11.8. The van der Waals surface area contributed by atoms with Crippen LogP contribution in [0, 0.1) is 11.8 Å². The highest BCUT2D eigenvalue weighted by Gasteiger charge is 2.57. The predicted molar refractivity (Wildman–Crippen MR) is 119 cm³/mol. The molecule has 1 saturated carbocycles. The number of unbranched alkanes of at least 4 members (excludes halogenated alkanes) is 1. The van der Waals surface area contributed by atoms with Crippen LogP contribution >= 0.6 is 0 Å². The molecule has 0 aromatic heterocycles. The number of aliphatic hydroxyl groups is 3. The van der Waals surface area contributed by atoms with Crippen molar-refractivity contribution in [1.82, 2.24) is 5.32 Å². The molecule has 172 valence electrons. The topological polar surface area (TPSA) is 102 Å². The molecule has 2 aliphatic rings. The van der Waals surface area contributed by atoms with E-state index in [0.717, 1.165) is 19.3 Å². The number of rotatable bonds is 12. The molecule has 6 nitrogen and oxygen atoms in total. The SMILES string of the molecule is CCNC(=O)CCC/C=C\C[C@@H]1[C@@H]([C@@H]2O[C@H]2[C@@H](O)CCc2ccccc2)[C@H](O)C[C@@H]1O. The van der Waals surface area contributed by atoms with E-state index in [1.54, 1.807) is 0 Å². The van der Waals surface area contributed by atoms with Gasteiger partial charge < -0.3 is 25.4 Å². The van der Waals surface area contributed by atoms with Gasteiger partial charge in [0.15, 0.2) is 0 Å². The number of allylic oxidation sites excluding steroid dienone is 2. The Bertz CT molecular complexity index is 709. The first-order valence-electron chi connectivity index (χ1n) is 11.7. The minimum absolute atomic E-state index is 0.0769. The van der Waals surface area contributed by atoms with E-state index in [-0.39, 0.29) is 30.0 Å². The minimum atomic E-state index is -0.609. The van der Waals surface area contributed by atoms with Crippen molar-refractivity contribution >= 4 is 5.91 Å². The number of carbonyl (C=O) groups excluding carboxylic acids is 1. The van der Waals surface area contributed by atoms with Crippen molar-refractivity contribution in [3.05, 3.63) is 48.0 Å². The highest BCUT2D eigenvalue weighted by atomic mass is 16.6. The zero-order chi connectivity index (χ0) is 22.2. The van der Waals surface area contributed by atoms with Gasteiger partial charge in [-0.15, -0.1) is 0 Å². The van der Waals surface area contributed by atoms with Crippen LogP contribution in [0.5, 0.6) is 0 Å². The lowest BCUT2D eigenvalue weighted by Gasteiger charge is -2.21. The van der Waals surface area contributed by atoms with Crippen molar-refractivity contribution in [2.75, 3.05) is 6.54 Å². The highest BCUT2D eigenvalue weighted by Crippen LogP contribution is 2.46. The maximum Gasteiger partial charge on any atom is 0.219 e. The van der Waals surface area contributed by atoms with Crippen LogP contribution in [0.1, 0.15) is 51.0 Å². The van der Waals surface area contributed by atoms with Gasteiger partial charge >= 0.3 is 0 Å². The normalized spacial score (nSPS) is 31.1. The molecule has 1 aromatic rings. The molecule has 2 fully saturated rings. The summed E-state index contributed by atoms with van der Waals surface area (Å²) in [5, 5.41) is 34.3. The van der Waals surface area contributed by atoms with Gasteiger partial charge in [-0.05, 0) is 56.9 Å².